The first-order valence-electron chi connectivity index (χ1n) is 7.70. The fourth-order valence-electron chi connectivity index (χ4n) is 2.17. The van der Waals surface area contributed by atoms with Crippen molar-refractivity contribution in [2.24, 2.45) is 0 Å². The largest absolute Gasteiger partial charge is 0.296 e. The summed E-state index contributed by atoms with van der Waals surface area (Å²) in [6.07, 6.45) is 0. The van der Waals surface area contributed by atoms with Crippen molar-refractivity contribution in [2.45, 2.75) is 17.8 Å². The van der Waals surface area contributed by atoms with E-state index in [1.807, 2.05) is 31.2 Å². The standard InChI is InChI=1S/C17H16N4O3S2/c1-12-7-5-6-10-14(12)11-18-26(23,24)17-21-20-16(25-17)19-15(22)13-8-3-2-4-9-13/h2-10,18H,11H2,1H3,(H,19,20,22). The van der Waals surface area contributed by atoms with E-state index in [9.17, 15) is 13.2 Å². The second-order valence-corrected chi connectivity index (χ2v) is 8.36. The van der Waals surface area contributed by atoms with Gasteiger partial charge in [0.2, 0.25) is 9.47 Å². The molecule has 0 unspecified atom stereocenters. The molecular weight excluding hydrogens is 372 g/mol. The van der Waals surface area contributed by atoms with E-state index in [-0.39, 0.29) is 21.9 Å². The van der Waals surface area contributed by atoms with Crippen molar-refractivity contribution in [3.63, 3.8) is 0 Å². The van der Waals surface area contributed by atoms with Gasteiger partial charge in [0.25, 0.3) is 15.9 Å². The molecule has 0 aliphatic rings. The van der Waals surface area contributed by atoms with Crippen LogP contribution in [0.5, 0.6) is 0 Å². The number of sulfonamides is 1. The maximum absolute atomic E-state index is 12.4. The van der Waals surface area contributed by atoms with E-state index in [4.69, 9.17) is 0 Å². The second-order valence-electron chi connectivity index (χ2n) is 5.44. The van der Waals surface area contributed by atoms with Gasteiger partial charge in [0.1, 0.15) is 0 Å². The Balaban J connectivity index is 1.68. The first kappa shape index (κ1) is 18.2. The zero-order valence-corrected chi connectivity index (χ0v) is 15.5. The molecule has 134 valence electrons. The highest BCUT2D eigenvalue weighted by Crippen LogP contribution is 2.21. The molecule has 26 heavy (non-hydrogen) atoms. The van der Waals surface area contributed by atoms with Crippen LogP contribution in [0.1, 0.15) is 21.5 Å². The summed E-state index contributed by atoms with van der Waals surface area (Å²) in [5.74, 6) is -0.376. The summed E-state index contributed by atoms with van der Waals surface area (Å²) in [5.41, 5.74) is 2.31. The number of nitrogens with zero attached hydrogens (tertiary/aromatic N) is 2. The van der Waals surface area contributed by atoms with E-state index in [1.54, 1.807) is 30.3 Å². The van der Waals surface area contributed by atoms with E-state index < -0.39 is 10.0 Å². The van der Waals surface area contributed by atoms with Crippen LogP contribution in [0, 0.1) is 6.92 Å². The van der Waals surface area contributed by atoms with Crippen molar-refractivity contribution in [1.29, 1.82) is 0 Å². The Labute approximate surface area is 155 Å². The Kier molecular flexibility index (Phi) is 5.40. The van der Waals surface area contributed by atoms with Gasteiger partial charge < -0.3 is 0 Å². The van der Waals surface area contributed by atoms with Crippen molar-refractivity contribution in [2.75, 3.05) is 5.32 Å². The normalized spacial score (nSPS) is 11.3. The summed E-state index contributed by atoms with van der Waals surface area (Å²) in [7, 11) is -3.81. The van der Waals surface area contributed by atoms with Gasteiger partial charge in [-0.1, -0.05) is 53.8 Å². The Morgan fingerprint density at radius 1 is 1.04 bits per heavy atom. The minimum Gasteiger partial charge on any atom is -0.296 e. The summed E-state index contributed by atoms with van der Waals surface area (Å²) in [5, 5.41) is 10.1. The smallest absolute Gasteiger partial charge is 0.270 e. The predicted octanol–water partition coefficient (Wildman–Crippen LogP) is 2.58. The highest BCUT2D eigenvalue weighted by molar-refractivity contribution is 7.91. The van der Waals surface area contributed by atoms with Crippen LogP contribution in [-0.2, 0) is 16.6 Å². The Morgan fingerprint density at radius 3 is 2.46 bits per heavy atom. The maximum Gasteiger partial charge on any atom is 0.270 e. The van der Waals surface area contributed by atoms with Crippen LogP contribution >= 0.6 is 11.3 Å². The van der Waals surface area contributed by atoms with Crippen molar-refractivity contribution in [3.05, 3.63) is 71.3 Å². The predicted molar refractivity (Wildman–Crippen MR) is 99.5 cm³/mol. The molecule has 9 heteroatoms. The molecule has 0 spiro atoms. The summed E-state index contributed by atoms with van der Waals surface area (Å²) >= 11 is 0.798. The molecule has 3 rings (SSSR count). The van der Waals surface area contributed by atoms with E-state index >= 15 is 0 Å². The first-order valence-corrected chi connectivity index (χ1v) is 10.00. The molecule has 1 amide bonds. The molecule has 0 aliphatic heterocycles. The number of amides is 1. The van der Waals surface area contributed by atoms with Gasteiger partial charge in [-0.3, -0.25) is 10.1 Å². The van der Waals surface area contributed by atoms with Crippen molar-refractivity contribution in [3.8, 4) is 0 Å². The lowest BCUT2D eigenvalue weighted by atomic mass is 10.1. The first-order chi connectivity index (χ1) is 12.5. The lowest BCUT2D eigenvalue weighted by Crippen LogP contribution is -2.23. The van der Waals surface area contributed by atoms with Crippen LogP contribution in [0.25, 0.3) is 0 Å². The molecule has 0 atom stereocenters. The molecule has 2 aromatic carbocycles. The van der Waals surface area contributed by atoms with Crippen LogP contribution in [0.4, 0.5) is 5.13 Å². The number of anilines is 1. The second kappa shape index (κ2) is 7.73. The summed E-state index contributed by atoms with van der Waals surface area (Å²) in [4.78, 5) is 12.1. The van der Waals surface area contributed by atoms with Gasteiger partial charge in [-0.25, -0.2) is 13.1 Å². The zero-order chi connectivity index (χ0) is 18.6. The molecule has 0 saturated carbocycles. The number of aromatic nitrogens is 2. The molecule has 0 fully saturated rings. The summed E-state index contributed by atoms with van der Waals surface area (Å²) < 4.78 is 27.0. The monoisotopic (exact) mass is 388 g/mol. The van der Waals surface area contributed by atoms with E-state index in [2.05, 4.69) is 20.2 Å². The number of hydrogen-bond donors (Lipinski definition) is 2. The molecule has 0 bridgehead atoms. The third kappa shape index (κ3) is 4.31. The molecule has 0 aliphatic carbocycles. The zero-order valence-electron chi connectivity index (χ0n) is 13.8. The fourth-order valence-corrected chi connectivity index (χ4v) is 4.11. The molecule has 0 saturated heterocycles. The molecule has 1 heterocycles. The van der Waals surface area contributed by atoms with Crippen molar-refractivity contribution >= 4 is 32.4 Å². The van der Waals surface area contributed by atoms with Crippen LogP contribution in [0.15, 0.2) is 58.9 Å². The van der Waals surface area contributed by atoms with Crippen LogP contribution in [0.2, 0.25) is 0 Å². The summed E-state index contributed by atoms with van der Waals surface area (Å²) in [6, 6.07) is 16.1. The Morgan fingerprint density at radius 2 is 1.73 bits per heavy atom. The SMILES string of the molecule is Cc1ccccc1CNS(=O)(=O)c1nnc(NC(=O)c2ccccc2)s1. The summed E-state index contributed by atoms with van der Waals surface area (Å²) in [6.45, 7) is 2.06. The number of benzene rings is 2. The molecule has 7 nitrogen and oxygen atoms in total. The lowest BCUT2D eigenvalue weighted by molar-refractivity contribution is 0.102. The number of nitrogens with one attached hydrogen (secondary N) is 2. The topological polar surface area (TPSA) is 101 Å². The van der Waals surface area contributed by atoms with Crippen LogP contribution in [0.3, 0.4) is 0 Å². The van der Waals surface area contributed by atoms with E-state index in [0.29, 0.717) is 5.56 Å². The van der Waals surface area contributed by atoms with Gasteiger partial charge in [0.05, 0.1) is 0 Å². The average molecular weight is 388 g/mol. The van der Waals surface area contributed by atoms with Crippen LogP contribution in [-0.4, -0.2) is 24.5 Å². The molecular formula is C17H16N4O3S2. The molecule has 2 N–H and O–H groups in total. The number of carbonyl (C=O) groups excluding carboxylic acids is 1. The highest BCUT2D eigenvalue weighted by atomic mass is 32.2. The molecule has 0 radical (unpaired) electrons. The van der Waals surface area contributed by atoms with Gasteiger partial charge in [-0.05, 0) is 30.2 Å². The molecule has 3 aromatic rings. The average Bonchev–Trinajstić information content (AvgIpc) is 3.11. The van der Waals surface area contributed by atoms with Gasteiger partial charge >= 0.3 is 0 Å². The number of carbonyl (C=O) groups is 1. The number of rotatable bonds is 6. The Hall–Kier alpha value is -2.62. The van der Waals surface area contributed by atoms with Crippen molar-refractivity contribution in [1.82, 2.24) is 14.9 Å². The van der Waals surface area contributed by atoms with Gasteiger partial charge in [0.15, 0.2) is 0 Å². The fraction of sp³-hybridized carbons (Fsp3) is 0.118. The van der Waals surface area contributed by atoms with Crippen molar-refractivity contribution < 1.29 is 13.2 Å². The Bertz CT molecular complexity index is 1020. The number of hydrogen-bond acceptors (Lipinski definition) is 6. The van der Waals surface area contributed by atoms with Crippen LogP contribution < -0.4 is 10.0 Å². The van der Waals surface area contributed by atoms with Gasteiger partial charge in [-0.2, -0.15) is 0 Å². The number of aryl methyl sites for hydroxylation is 1. The third-order valence-electron chi connectivity index (χ3n) is 3.61. The quantitative estimate of drug-likeness (QED) is 0.632. The third-order valence-corrected chi connectivity index (χ3v) is 6.21. The van der Waals surface area contributed by atoms with E-state index in [0.717, 1.165) is 22.5 Å². The van der Waals surface area contributed by atoms with Gasteiger partial charge in [-0.15, -0.1) is 10.2 Å². The van der Waals surface area contributed by atoms with E-state index in [1.165, 1.54) is 0 Å². The minimum atomic E-state index is -3.81. The highest BCUT2D eigenvalue weighted by Gasteiger charge is 2.21. The van der Waals surface area contributed by atoms with Gasteiger partial charge in [0, 0.05) is 12.1 Å². The maximum atomic E-state index is 12.4. The minimum absolute atomic E-state index is 0.120. The molecule has 1 aromatic heterocycles. The lowest BCUT2D eigenvalue weighted by Gasteiger charge is -2.06.